The van der Waals surface area contributed by atoms with Crippen molar-refractivity contribution in [3.8, 4) is 0 Å². The summed E-state index contributed by atoms with van der Waals surface area (Å²) in [7, 11) is 0. The van der Waals surface area contributed by atoms with Crippen molar-refractivity contribution in [3.63, 3.8) is 0 Å². The van der Waals surface area contributed by atoms with Crippen molar-refractivity contribution in [2.24, 2.45) is 0 Å². The maximum absolute atomic E-state index is 5.96. The van der Waals surface area contributed by atoms with Crippen LogP contribution >= 0.6 is 0 Å². The molecule has 1 aromatic heterocycles. The SMILES string of the molecule is CCNC(CCOCC)c1c(C)ccnc1N. The van der Waals surface area contributed by atoms with Gasteiger partial charge < -0.3 is 15.8 Å². The number of nitrogens with two attached hydrogens (primary N) is 1. The summed E-state index contributed by atoms with van der Waals surface area (Å²) in [6, 6.07) is 2.22. The Morgan fingerprint density at radius 3 is 2.82 bits per heavy atom. The summed E-state index contributed by atoms with van der Waals surface area (Å²) in [4.78, 5) is 4.17. The molecule has 17 heavy (non-hydrogen) atoms. The molecule has 1 atom stereocenters. The number of hydrogen-bond acceptors (Lipinski definition) is 4. The average molecular weight is 237 g/mol. The number of ether oxygens (including phenoxy) is 1. The first kappa shape index (κ1) is 13.9. The lowest BCUT2D eigenvalue weighted by molar-refractivity contribution is 0.136. The second-order valence-electron chi connectivity index (χ2n) is 4.02. The molecule has 0 aromatic carbocycles. The van der Waals surface area contributed by atoms with Crippen molar-refractivity contribution in [1.29, 1.82) is 0 Å². The van der Waals surface area contributed by atoms with Crippen molar-refractivity contribution < 1.29 is 4.74 Å². The van der Waals surface area contributed by atoms with Gasteiger partial charge in [0, 0.05) is 31.0 Å². The first-order valence-electron chi connectivity index (χ1n) is 6.22. The molecule has 4 nitrogen and oxygen atoms in total. The lowest BCUT2D eigenvalue weighted by Crippen LogP contribution is -2.24. The quantitative estimate of drug-likeness (QED) is 0.713. The number of pyridine rings is 1. The monoisotopic (exact) mass is 237 g/mol. The summed E-state index contributed by atoms with van der Waals surface area (Å²) in [6.45, 7) is 8.56. The molecule has 0 aliphatic rings. The van der Waals surface area contributed by atoms with E-state index in [1.807, 2.05) is 13.0 Å². The highest BCUT2D eigenvalue weighted by Crippen LogP contribution is 2.24. The smallest absolute Gasteiger partial charge is 0.128 e. The van der Waals surface area contributed by atoms with E-state index in [1.165, 1.54) is 5.56 Å². The number of rotatable bonds is 7. The van der Waals surface area contributed by atoms with Crippen molar-refractivity contribution in [2.75, 3.05) is 25.5 Å². The summed E-state index contributed by atoms with van der Waals surface area (Å²) in [6.07, 6.45) is 2.66. The van der Waals surface area contributed by atoms with E-state index in [4.69, 9.17) is 10.5 Å². The van der Waals surface area contributed by atoms with Crippen LogP contribution in [0, 0.1) is 6.92 Å². The van der Waals surface area contributed by atoms with E-state index in [2.05, 4.69) is 24.1 Å². The Labute approximate surface area is 104 Å². The first-order chi connectivity index (χ1) is 8.20. The van der Waals surface area contributed by atoms with Crippen LogP contribution in [0.5, 0.6) is 0 Å². The number of anilines is 1. The van der Waals surface area contributed by atoms with Gasteiger partial charge in [-0.05, 0) is 38.4 Å². The zero-order chi connectivity index (χ0) is 12.7. The minimum absolute atomic E-state index is 0.222. The van der Waals surface area contributed by atoms with Crippen LogP contribution in [-0.4, -0.2) is 24.7 Å². The molecule has 0 aliphatic heterocycles. The molecule has 1 aromatic rings. The summed E-state index contributed by atoms with van der Waals surface area (Å²) >= 11 is 0. The van der Waals surface area contributed by atoms with E-state index in [0.717, 1.165) is 31.7 Å². The Balaban J connectivity index is 2.81. The normalized spacial score (nSPS) is 12.6. The molecule has 96 valence electrons. The third kappa shape index (κ3) is 3.98. The van der Waals surface area contributed by atoms with E-state index >= 15 is 0 Å². The van der Waals surface area contributed by atoms with Gasteiger partial charge in [-0.2, -0.15) is 0 Å². The van der Waals surface area contributed by atoms with E-state index < -0.39 is 0 Å². The second kappa shape index (κ2) is 7.25. The molecule has 0 bridgehead atoms. The molecule has 4 heteroatoms. The maximum Gasteiger partial charge on any atom is 0.128 e. The number of aryl methyl sites for hydroxylation is 1. The van der Waals surface area contributed by atoms with Crippen LogP contribution < -0.4 is 11.1 Å². The van der Waals surface area contributed by atoms with Gasteiger partial charge in [-0.1, -0.05) is 6.92 Å². The lowest BCUT2D eigenvalue weighted by atomic mass is 10.00. The largest absolute Gasteiger partial charge is 0.383 e. The van der Waals surface area contributed by atoms with Crippen molar-refractivity contribution in [3.05, 3.63) is 23.4 Å². The van der Waals surface area contributed by atoms with Gasteiger partial charge >= 0.3 is 0 Å². The van der Waals surface area contributed by atoms with Crippen molar-refractivity contribution in [2.45, 2.75) is 33.2 Å². The van der Waals surface area contributed by atoms with E-state index in [9.17, 15) is 0 Å². The zero-order valence-corrected chi connectivity index (χ0v) is 11.0. The molecule has 3 N–H and O–H groups in total. The van der Waals surface area contributed by atoms with Gasteiger partial charge in [0.1, 0.15) is 5.82 Å². The fourth-order valence-corrected chi connectivity index (χ4v) is 1.98. The van der Waals surface area contributed by atoms with Crippen LogP contribution in [0.4, 0.5) is 5.82 Å². The fourth-order valence-electron chi connectivity index (χ4n) is 1.98. The molecule has 1 heterocycles. The molecule has 0 spiro atoms. The summed E-state index contributed by atoms with van der Waals surface area (Å²) < 4.78 is 5.41. The van der Waals surface area contributed by atoms with Gasteiger partial charge in [0.2, 0.25) is 0 Å². The second-order valence-corrected chi connectivity index (χ2v) is 4.02. The Hall–Kier alpha value is -1.13. The molecule has 1 rings (SSSR count). The molecular formula is C13H23N3O. The third-order valence-corrected chi connectivity index (χ3v) is 2.79. The number of hydrogen-bond donors (Lipinski definition) is 2. The van der Waals surface area contributed by atoms with Gasteiger partial charge in [-0.3, -0.25) is 0 Å². The molecule has 0 amide bonds. The minimum atomic E-state index is 0.222. The van der Waals surface area contributed by atoms with E-state index in [1.54, 1.807) is 6.20 Å². The summed E-state index contributed by atoms with van der Waals surface area (Å²) in [5.41, 5.74) is 8.25. The van der Waals surface area contributed by atoms with Crippen LogP contribution in [0.2, 0.25) is 0 Å². The highest BCUT2D eigenvalue weighted by molar-refractivity contribution is 5.46. The predicted octanol–water partition coefficient (Wildman–Crippen LogP) is 2.05. The number of nitrogens with one attached hydrogen (secondary N) is 1. The van der Waals surface area contributed by atoms with Gasteiger partial charge in [0.25, 0.3) is 0 Å². The van der Waals surface area contributed by atoms with E-state index in [0.29, 0.717) is 5.82 Å². The zero-order valence-electron chi connectivity index (χ0n) is 11.0. The Morgan fingerprint density at radius 2 is 2.24 bits per heavy atom. The Morgan fingerprint density at radius 1 is 1.47 bits per heavy atom. The van der Waals surface area contributed by atoms with Crippen molar-refractivity contribution in [1.82, 2.24) is 10.3 Å². The fraction of sp³-hybridized carbons (Fsp3) is 0.615. The molecule has 0 saturated carbocycles. The average Bonchev–Trinajstić information content (AvgIpc) is 2.29. The van der Waals surface area contributed by atoms with Crippen LogP contribution in [-0.2, 0) is 4.74 Å². The summed E-state index contributed by atoms with van der Waals surface area (Å²) in [5.74, 6) is 0.618. The third-order valence-electron chi connectivity index (χ3n) is 2.79. The van der Waals surface area contributed by atoms with Crippen molar-refractivity contribution >= 4 is 5.82 Å². The standard InChI is InChI=1S/C13H23N3O/c1-4-15-11(7-9-17-5-2)12-10(3)6-8-16-13(12)14/h6,8,11,15H,4-5,7,9H2,1-3H3,(H2,14,16). The molecule has 0 radical (unpaired) electrons. The van der Waals surface area contributed by atoms with Crippen LogP contribution in [0.15, 0.2) is 12.3 Å². The van der Waals surface area contributed by atoms with Gasteiger partial charge in [-0.15, -0.1) is 0 Å². The molecular weight excluding hydrogens is 214 g/mol. The summed E-state index contributed by atoms with van der Waals surface area (Å²) in [5, 5.41) is 3.44. The Kier molecular flexibility index (Phi) is 5.94. The van der Waals surface area contributed by atoms with Crippen LogP contribution in [0.25, 0.3) is 0 Å². The molecule has 0 aliphatic carbocycles. The molecule has 0 saturated heterocycles. The Bertz CT molecular complexity index is 321. The van der Waals surface area contributed by atoms with Crippen LogP contribution in [0.1, 0.15) is 37.4 Å². The topological polar surface area (TPSA) is 60.2 Å². The van der Waals surface area contributed by atoms with Gasteiger partial charge in [0.15, 0.2) is 0 Å². The van der Waals surface area contributed by atoms with Gasteiger partial charge in [-0.25, -0.2) is 4.98 Å². The molecule has 1 unspecified atom stereocenters. The van der Waals surface area contributed by atoms with E-state index in [-0.39, 0.29) is 6.04 Å². The molecule has 0 fully saturated rings. The number of nitrogens with zero attached hydrogens (tertiary/aromatic N) is 1. The first-order valence-corrected chi connectivity index (χ1v) is 6.22. The van der Waals surface area contributed by atoms with Gasteiger partial charge in [0.05, 0.1) is 0 Å². The maximum atomic E-state index is 5.96. The highest BCUT2D eigenvalue weighted by atomic mass is 16.5. The number of nitrogen functional groups attached to an aromatic ring is 1. The van der Waals surface area contributed by atoms with Crippen LogP contribution in [0.3, 0.4) is 0 Å². The minimum Gasteiger partial charge on any atom is -0.383 e. The lowest BCUT2D eigenvalue weighted by Gasteiger charge is -2.21. The number of aromatic nitrogens is 1. The highest BCUT2D eigenvalue weighted by Gasteiger charge is 2.16. The predicted molar refractivity (Wildman–Crippen MR) is 70.9 cm³/mol.